The fourth-order valence-corrected chi connectivity index (χ4v) is 2.89. The number of carbonyl (C=O) groups excluding carboxylic acids is 2. The van der Waals surface area contributed by atoms with E-state index in [0.717, 1.165) is 17.9 Å². The van der Waals surface area contributed by atoms with Gasteiger partial charge in [-0.25, -0.2) is 9.97 Å². The highest BCUT2D eigenvalue weighted by molar-refractivity contribution is 5.95. The molecular formula is C15H21N5O2. The van der Waals surface area contributed by atoms with Gasteiger partial charge in [-0.1, -0.05) is 13.8 Å². The van der Waals surface area contributed by atoms with Crippen molar-refractivity contribution >= 4 is 11.8 Å². The number of fused-ring (bicyclic) bond motifs is 1. The largest absolute Gasteiger partial charge is 0.345 e. The Labute approximate surface area is 129 Å². The molecule has 2 fully saturated rings. The molecule has 7 nitrogen and oxygen atoms in total. The Hall–Kier alpha value is -2.02. The Morgan fingerprint density at radius 3 is 2.68 bits per heavy atom. The summed E-state index contributed by atoms with van der Waals surface area (Å²) in [6.45, 7) is 6.87. The summed E-state index contributed by atoms with van der Waals surface area (Å²) in [5, 5.41) is 2.65. The topological polar surface area (TPSA) is 78.4 Å². The Bertz CT molecular complexity index is 572. The van der Waals surface area contributed by atoms with Crippen molar-refractivity contribution in [3.8, 4) is 0 Å². The summed E-state index contributed by atoms with van der Waals surface area (Å²) in [6.07, 6.45) is 3.70. The summed E-state index contributed by atoms with van der Waals surface area (Å²) in [5.74, 6) is 1.10. The number of rotatable bonds is 3. The van der Waals surface area contributed by atoms with E-state index in [1.54, 1.807) is 4.90 Å². The smallest absolute Gasteiger partial charge is 0.244 e. The van der Waals surface area contributed by atoms with Gasteiger partial charge in [-0.15, -0.1) is 0 Å². The third-order valence-corrected chi connectivity index (χ3v) is 4.15. The van der Waals surface area contributed by atoms with Crippen LogP contribution < -0.4 is 5.32 Å². The van der Waals surface area contributed by atoms with Gasteiger partial charge in [-0.2, -0.15) is 0 Å². The molecule has 2 aliphatic heterocycles. The standard InChI is InChI=1S/C15H21N5O2/c1-10(2)14-16-5-11(6-17-14)8-19-3-4-20-12(9-19)15(22)18-7-13(20)21/h5-6,10,12H,3-4,7-9H2,1-2H3,(H,18,22)/t12-/m0/s1. The van der Waals surface area contributed by atoms with Crippen molar-refractivity contribution in [2.24, 2.45) is 0 Å². The van der Waals surface area contributed by atoms with Crippen LogP contribution in [0.4, 0.5) is 0 Å². The first-order chi connectivity index (χ1) is 10.5. The van der Waals surface area contributed by atoms with Crippen molar-refractivity contribution in [3.63, 3.8) is 0 Å². The molecule has 1 N–H and O–H groups in total. The lowest BCUT2D eigenvalue weighted by molar-refractivity contribution is -0.149. The highest BCUT2D eigenvalue weighted by atomic mass is 16.2. The van der Waals surface area contributed by atoms with Crippen LogP contribution in [0.15, 0.2) is 12.4 Å². The molecule has 7 heteroatoms. The molecule has 0 spiro atoms. The molecule has 2 amide bonds. The molecule has 3 rings (SSSR count). The van der Waals surface area contributed by atoms with Gasteiger partial charge in [0.25, 0.3) is 0 Å². The Balaban J connectivity index is 1.64. The highest BCUT2D eigenvalue weighted by Gasteiger charge is 2.38. The third kappa shape index (κ3) is 2.94. The van der Waals surface area contributed by atoms with E-state index in [1.807, 2.05) is 12.4 Å². The molecule has 2 saturated heterocycles. The summed E-state index contributed by atoms with van der Waals surface area (Å²) >= 11 is 0. The molecule has 118 valence electrons. The molecule has 1 aromatic rings. The number of carbonyl (C=O) groups is 2. The van der Waals surface area contributed by atoms with Gasteiger partial charge in [-0.05, 0) is 0 Å². The Morgan fingerprint density at radius 2 is 2.00 bits per heavy atom. The van der Waals surface area contributed by atoms with E-state index in [4.69, 9.17) is 0 Å². The second kappa shape index (κ2) is 6.00. The first-order valence-corrected chi connectivity index (χ1v) is 7.65. The Morgan fingerprint density at radius 1 is 1.27 bits per heavy atom. The van der Waals surface area contributed by atoms with E-state index in [9.17, 15) is 9.59 Å². The SMILES string of the molecule is CC(C)c1ncc(CN2CCN3C(=O)CNC(=O)[C@@H]3C2)cn1. The number of hydrogen-bond donors (Lipinski definition) is 1. The van der Waals surface area contributed by atoms with Crippen molar-refractivity contribution in [2.45, 2.75) is 32.4 Å². The van der Waals surface area contributed by atoms with Crippen LogP contribution in [0.1, 0.15) is 31.2 Å². The van der Waals surface area contributed by atoms with Crippen LogP contribution in [0.3, 0.4) is 0 Å². The molecule has 0 bridgehead atoms. The first kappa shape index (κ1) is 14.9. The minimum atomic E-state index is -0.370. The molecule has 0 radical (unpaired) electrons. The fraction of sp³-hybridized carbons (Fsp3) is 0.600. The number of hydrogen-bond acceptors (Lipinski definition) is 5. The predicted octanol–water partition coefficient (Wildman–Crippen LogP) is -0.257. The number of piperazine rings is 2. The maximum Gasteiger partial charge on any atom is 0.244 e. The van der Waals surface area contributed by atoms with Gasteiger partial charge in [0.15, 0.2) is 0 Å². The van der Waals surface area contributed by atoms with E-state index in [0.29, 0.717) is 25.6 Å². The summed E-state index contributed by atoms with van der Waals surface area (Å²) in [4.78, 5) is 36.4. The zero-order chi connectivity index (χ0) is 15.7. The van der Waals surface area contributed by atoms with Crippen molar-refractivity contribution in [1.29, 1.82) is 0 Å². The van der Waals surface area contributed by atoms with Crippen LogP contribution in [0, 0.1) is 0 Å². The minimum Gasteiger partial charge on any atom is -0.345 e. The van der Waals surface area contributed by atoms with E-state index >= 15 is 0 Å². The highest BCUT2D eigenvalue weighted by Crippen LogP contribution is 2.16. The molecule has 3 heterocycles. The number of nitrogens with zero attached hydrogens (tertiary/aromatic N) is 4. The van der Waals surface area contributed by atoms with Crippen LogP contribution in [-0.4, -0.2) is 63.8 Å². The zero-order valence-electron chi connectivity index (χ0n) is 13.0. The Kier molecular flexibility index (Phi) is 4.06. The maximum atomic E-state index is 11.9. The second-order valence-corrected chi connectivity index (χ2v) is 6.16. The lowest BCUT2D eigenvalue weighted by Gasteiger charge is -2.42. The van der Waals surface area contributed by atoms with E-state index in [-0.39, 0.29) is 24.4 Å². The summed E-state index contributed by atoms with van der Waals surface area (Å²) in [5.41, 5.74) is 1.03. The molecule has 2 aliphatic rings. The molecular weight excluding hydrogens is 282 g/mol. The monoisotopic (exact) mass is 303 g/mol. The van der Waals surface area contributed by atoms with Gasteiger partial charge in [-0.3, -0.25) is 14.5 Å². The van der Waals surface area contributed by atoms with Crippen molar-refractivity contribution in [1.82, 2.24) is 25.1 Å². The van der Waals surface area contributed by atoms with Crippen LogP contribution in [-0.2, 0) is 16.1 Å². The van der Waals surface area contributed by atoms with Gasteiger partial charge in [0.1, 0.15) is 11.9 Å². The lowest BCUT2D eigenvalue weighted by Crippen LogP contribution is -2.65. The fourth-order valence-electron chi connectivity index (χ4n) is 2.89. The molecule has 0 aromatic carbocycles. The first-order valence-electron chi connectivity index (χ1n) is 7.65. The van der Waals surface area contributed by atoms with Crippen molar-refractivity contribution in [3.05, 3.63) is 23.8 Å². The van der Waals surface area contributed by atoms with Crippen LogP contribution in [0.5, 0.6) is 0 Å². The summed E-state index contributed by atoms with van der Waals surface area (Å²) in [7, 11) is 0. The minimum absolute atomic E-state index is 0.00821. The van der Waals surface area contributed by atoms with Crippen LogP contribution in [0.2, 0.25) is 0 Å². The number of nitrogens with one attached hydrogen (secondary N) is 1. The molecule has 1 atom stereocenters. The normalized spacial score (nSPS) is 22.7. The van der Waals surface area contributed by atoms with E-state index in [2.05, 4.69) is 34.0 Å². The number of aromatic nitrogens is 2. The molecule has 22 heavy (non-hydrogen) atoms. The average molecular weight is 303 g/mol. The van der Waals surface area contributed by atoms with Gasteiger partial charge < -0.3 is 10.2 Å². The average Bonchev–Trinajstić information content (AvgIpc) is 2.52. The lowest BCUT2D eigenvalue weighted by atomic mass is 10.1. The van der Waals surface area contributed by atoms with Gasteiger partial charge in [0.05, 0.1) is 6.54 Å². The molecule has 0 aliphatic carbocycles. The summed E-state index contributed by atoms with van der Waals surface area (Å²) < 4.78 is 0. The van der Waals surface area contributed by atoms with Gasteiger partial charge >= 0.3 is 0 Å². The van der Waals surface area contributed by atoms with Gasteiger partial charge in [0, 0.05) is 50.1 Å². The van der Waals surface area contributed by atoms with E-state index < -0.39 is 0 Å². The zero-order valence-corrected chi connectivity index (χ0v) is 13.0. The number of amides is 2. The van der Waals surface area contributed by atoms with Crippen molar-refractivity contribution in [2.75, 3.05) is 26.2 Å². The van der Waals surface area contributed by atoms with Crippen LogP contribution >= 0.6 is 0 Å². The maximum absolute atomic E-state index is 11.9. The quantitative estimate of drug-likeness (QED) is 0.832. The molecule has 0 unspecified atom stereocenters. The summed E-state index contributed by atoms with van der Waals surface area (Å²) in [6, 6.07) is -0.370. The molecule has 1 aromatic heterocycles. The molecule has 0 saturated carbocycles. The van der Waals surface area contributed by atoms with Gasteiger partial charge in [0.2, 0.25) is 11.8 Å². The van der Waals surface area contributed by atoms with Crippen LogP contribution in [0.25, 0.3) is 0 Å². The third-order valence-electron chi connectivity index (χ3n) is 4.15. The second-order valence-electron chi connectivity index (χ2n) is 6.16. The van der Waals surface area contributed by atoms with E-state index in [1.165, 1.54) is 0 Å². The van der Waals surface area contributed by atoms with Crippen molar-refractivity contribution < 1.29 is 9.59 Å². The predicted molar refractivity (Wildman–Crippen MR) is 79.9 cm³/mol.